The van der Waals surface area contributed by atoms with Gasteiger partial charge >= 0.3 is 0 Å². The molecule has 0 fully saturated rings. The van der Waals surface area contributed by atoms with Crippen LogP contribution in [0.2, 0.25) is 10.0 Å². The van der Waals surface area contributed by atoms with Gasteiger partial charge < -0.3 is 10.0 Å². The molecular weight excluding hydrogens is 371 g/mol. The van der Waals surface area contributed by atoms with Crippen LogP contribution in [0.15, 0.2) is 46.7 Å². The van der Waals surface area contributed by atoms with Crippen LogP contribution in [0.4, 0.5) is 5.69 Å². The fourth-order valence-corrected chi connectivity index (χ4v) is 4.48. The SMILES string of the molecule is CNC(=O)c1csc2cc(NSc3cc(Cl)cc(Cl)c3)ccc12. The van der Waals surface area contributed by atoms with Crippen molar-refractivity contribution in [1.29, 1.82) is 0 Å². The van der Waals surface area contributed by atoms with Gasteiger partial charge in [0.1, 0.15) is 0 Å². The maximum atomic E-state index is 11.8. The summed E-state index contributed by atoms with van der Waals surface area (Å²) in [6.45, 7) is 0. The average Bonchev–Trinajstić information content (AvgIpc) is 2.94. The predicted molar refractivity (Wildman–Crippen MR) is 101 cm³/mol. The lowest BCUT2D eigenvalue weighted by atomic mass is 10.1. The molecule has 118 valence electrons. The van der Waals surface area contributed by atoms with E-state index in [0.29, 0.717) is 15.6 Å². The molecular formula is C16H12Cl2N2OS2. The van der Waals surface area contributed by atoms with E-state index in [-0.39, 0.29) is 5.91 Å². The van der Waals surface area contributed by atoms with Crippen molar-refractivity contribution in [3.05, 3.63) is 57.4 Å². The number of hydrogen-bond donors (Lipinski definition) is 2. The number of rotatable bonds is 4. The second-order valence-corrected chi connectivity index (χ2v) is 7.41. The highest BCUT2D eigenvalue weighted by molar-refractivity contribution is 8.00. The van der Waals surface area contributed by atoms with E-state index in [9.17, 15) is 4.79 Å². The van der Waals surface area contributed by atoms with Crippen LogP contribution in [-0.2, 0) is 0 Å². The van der Waals surface area contributed by atoms with Crippen molar-refractivity contribution in [3.8, 4) is 0 Å². The number of anilines is 1. The Labute approximate surface area is 152 Å². The number of fused-ring (bicyclic) bond motifs is 1. The molecule has 0 unspecified atom stereocenters. The van der Waals surface area contributed by atoms with Gasteiger partial charge in [-0.1, -0.05) is 29.3 Å². The van der Waals surface area contributed by atoms with E-state index in [4.69, 9.17) is 23.2 Å². The lowest BCUT2D eigenvalue weighted by Crippen LogP contribution is -2.17. The van der Waals surface area contributed by atoms with Crippen LogP contribution in [0.5, 0.6) is 0 Å². The lowest BCUT2D eigenvalue weighted by Gasteiger charge is -2.07. The first-order chi connectivity index (χ1) is 11.1. The number of amides is 1. The van der Waals surface area contributed by atoms with E-state index in [2.05, 4.69) is 10.0 Å². The van der Waals surface area contributed by atoms with Gasteiger partial charge in [0, 0.05) is 43.1 Å². The van der Waals surface area contributed by atoms with Crippen molar-refractivity contribution in [2.75, 3.05) is 11.8 Å². The minimum Gasteiger partial charge on any atom is -0.355 e. The first-order valence-electron chi connectivity index (χ1n) is 6.69. The minimum atomic E-state index is -0.0695. The number of halogens is 2. The molecule has 1 heterocycles. The summed E-state index contributed by atoms with van der Waals surface area (Å²) in [4.78, 5) is 12.7. The Morgan fingerprint density at radius 2 is 1.87 bits per heavy atom. The Morgan fingerprint density at radius 1 is 1.13 bits per heavy atom. The van der Waals surface area contributed by atoms with Crippen molar-refractivity contribution >= 4 is 68.2 Å². The Morgan fingerprint density at radius 3 is 2.57 bits per heavy atom. The molecule has 0 aliphatic heterocycles. The third kappa shape index (κ3) is 3.75. The normalized spacial score (nSPS) is 10.7. The highest BCUT2D eigenvalue weighted by Gasteiger charge is 2.11. The minimum absolute atomic E-state index is 0.0695. The van der Waals surface area contributed by atoms with E-state index in [1.54, 1.807) is 24.5 Å². The molecule has 0 saturated heterocycles. The summed E-state index contributed by atoms with van der Waals surface area (Å²) in [5.41, 5.74) is 1.65. The number of carbonyl (C=O) groups is 1. The van der Waals surface area contributed by atoms with Gasteiger partial charge in [-0.3, -0.25) is 4.79 Å². The smallest absolute Gasteiger partial charge is 0.252 e. The highest BCUT2D eigenvalue weighted by Crippen LogP contribution is 2.32. The summed E-state index contributed by atoms with van der Waals surface area (Å²) < 4.78 is 4.32. The van der Waals surface area contributed by atoms with E-state index in [1.807, 2.05) is 35.7 Å². The van der Waals surface area contributed by atoms with Gasteiger partial charge in [0.15, 0.2) is 0 Å². The van der Waals surface area contributed by atoms with E-state index in [1.165, 1.54) is 11.9 Å². The third-order valence-electron chi connectivity index (χ3n) is 3.17. The fourth-order valence-electron chi connectivity index (χ4n) is 2.11. The fraction of sp³-hybridized carbons (Fsp3) is 0.0625. The molecule has 2 N–H and O–H groups in total. The topological polar surface area (TPSA) is 41.1 Å². The van der Waals surface area contributed by atoms with Gasteiger partial charge in [0.05, 0.1) is 5.56 Å². The molecule has 0 aliphatic rings. The van der Waals surface area contributed by atoms with Gasteiger partial charge in [-0.25, -0.2) is 0 Å². The second-order valence-electron chi connectivity index (χ2n) is 4.75. The first kappa shape index (κ1) is 16.5. The largest absolute Gasteiger partial charge is 0.355 e. The summed E-state index contributed by atoms with van der Waals surface area (Å²) >= 11 is 15.0. The van der Waals surface area contributed by atoms with E-state index >= 15 is 0 Å². The van der Waals surface area contributed by atoms with Crippen LogP contribution < -0.4 is 10.0 Å². The molecule has 2 aromatic carbocycles. The summed E-state index contributed by atoms with van der Waals surface area (Å²) in [5, 5.41) is 6.69. The zero-order valence-electron chi connectivity index (χ0n) is 12.0. The van der Waals surface area contributed by atoms with Crippen LogP contribution >= 0.6 is 46.5 Å². The van der Waals surface area contributed by atoms with Gasteiger partial charge in [0.2, 0.25) is 0 Å². The van der Waals surface area contributed by atoms with Gasteiger partial charge in [-0.05, 0) is 42.3 Å². The molecule has 1 amide bonds. The van der Waals surface area contributed by atoms with Crippen LogP contribution in [-0.4, -0.2) is 13.0 Å². The van der Waals surface area contributed by atoms with Crippen molar-refractivity contribution in [2.45, 2.75) is 4.90 Å². The molecule has 0 spiro atoms. The maximum Gasteiger partial charge on any atom is 0.252 e. The molecule has 0 aliphatic carbocycles. The van der Waals surface area contributed by atoms with Crippen LogP contribution in [0, 0.1) is 0 Å². The molecule has 0 atom stereocenters. The number of hydrogen-bond acceptors (Lipinski definition) is 4. The second kappa shape index (κ2) is 7.01. The molecule has 0 bridgehead atoms. The Hall–Kier alpha value is -1.40. The van der Waals surface area contributed by atoms with E-state index in [0.717, 1.165) is 20.7 Å². The predicted octanol–water partition coefficient (Wildman–Crippen LogP) is 5.69. The number of thiophene rings is 1. The zero-order chi connectivity index (χ0) is 16.4. The number of benzene rings is 2. The first-order valence-corrected chi connectivity index (χ1v) is 9.14. The Kier molecular flexibility index (Phi) is 5.02. The third-order valence-corrected chi connectivity index (χ3v) is 5.36. The molecule has 7 heteroatoms. The van der Waals surface area contributed by atoms with Crippen LogP contribution in [0.25, 0.3) is 10.1 Å². The Balaban J connectivity index is 1.80. The number of carbonyl (C=O) groups excluding carboxylic acids is 1. The molecule has 1 aromatic heterocycles. The van der Waals surface area contributed by atoms with Crippen LogP contribution in [0.3, 0.4) is 0 Å². The average molecular weight is 383 g/mol. The van der Waals surface area contributed by atoms with Gasteiger partial charge in [0.25, 0.3) is 5.91 Å². The lowest BCUT2D eigenvalue weighted by molar-refractivity contribution is 0.0965. The monoisotopic (exact) mass is 382 g/mol. The molecule has 3 rings (SSSR count). The van der Waals surface area contributed by atoms with Crippen molar-refractivity contribution in [2.24, 2.45) is 0 Å². The Bertz CT molecular complexity index is 859. The molecule has 0 radical (unpaired) electrons. The summed E-state index contributed by atoms with van der Waals surface area (Å²) in [6.07, 6.45) is 0. The van der Waals surface area contributed by atoms with Crippen LogP contribution in [0.1, 0.15) is 10.4 Å². The molecule has 0 saturated carbocycles. The maximum absolute atomic E-state index is 11.8. The number of nitrogens with one attached hydrogen (secondary N) is 2. The summed E-state index contributed by atoms with van der Waals surface area (Å²) in [6, 6.07) is 11.3. The molecule has 3 nitrogen and oxygen atoms in total. The van der Waals surface area contributed by atoms with Gasteiger partial charge in [-0.2, -0.15) is 0 Å². The summed E-state index contributed by atoms with van der Waals surface area (Å²) in [5.74, 6) is -0.0695. The molecule has 23 heavy (non-hydrogen) atoms. The highest BCUT2D eigenvalue weighted by atomic mass is 35.5. The summed E-state index contributed by atoms with van der Waals surface area (Å²) in [7, 11) is 1.63. The van der Waals surface area contributed by atoms with Crippen molar-refractivity contribution in [1.82, 2.24) is 5.32 Å². The van der Waals surface area contributed by atoms with E-state index < -0.39 is 0 Å². The quantitative estimate of drug-likeness (QED) is 0.569. The molecule has 3 aromatic rings. The van der Waals surface area contributed by atoms with Gasteiger partial charge in [-0.15, -0.1) is 11.3 Å². The zero-order valence-corrected chi connectivity index (χ0v) is 15.2. The standard InChI is InChI=1S/C16H12Cl2N2OS2/c1-19-16(21)14-8-22-15-7-11(2-3-13(14)15)20-23-12-5-9(17)4-10(18)6-12/h2-8,20H,1H3,(H,19,21). The van der Waals surface area contributed by atoms with Crippen molar-refractivity contribution in [3.63, 3.8) is 0 Å². The van der Waals surface area contributed by atoms with Crippen molar-refractivity contribution < 1.29 is 4.79 Å².